The van der Waals surface area contributed by atoms with Gasteiger partial charge in [0, 0.05) is 5.02 Å². The van der Waals surface area contributed by atoms with Crippen molar-refractivity contribution in [3.05, 3.63) is 35.4 Å². The van der Waals surface area contributed by atoms with E-state index in [1.807, 2.05) is 30.3 Å². The summed E-state index contributed by atoms with van der Waals surface area (Å²) in [6.45, 7) is 0. The average Bonchev–Trinajstić information content (AvgIpc) is 1.94. The van der Waals surface area contributed by atoms with Gasteiger partial charge in [-0.3, -0.25) is 0 Å². The number of nitrogens with two attached hydrogens (primary N) is 1. The molecule has 0 aliphatic carbocycles. The van der Waals surface area contributed by atoms with Gasteiger partial charge >= 0.3 is 51.4 Å². The normalized spacial score (nSPS) is 6.70. The van der Waals surface area contributed by atoms with Crippen LogP contribution in [0.2, 0.25) is 5.02 Å². The second kappa shape index (κ2) is 10.1. The second-order valence-electron chi connectivity index (χ2n) is 1.30. The molecular weight excluding hydrogens is 177 g/mol. The summed E-state index contributed by atoms with van der Waals surface area (Å²) in [6, 6.07) is 9.44. The monoisotopic (exact) mass is 185 g/mol. The summed E-state index contributed by atoms with van der Waals surface area (Å²) in [5, 5.41) is 7.29. The molecule has 0 radical (unpaired) electrons. The van der Waals surface area contributed by atoms with E-state index in [4.69, 9.17) is 16.8 Å². The van der Waals surface area contributed by atoms with Crippen molar-refractivity contribution in [1.82, 2.24) is 0 Å². The van der Waals surface area contributed by atoms with E-state index in [2.05, 4.69) is 5.90 Å². The topological polar surface area (TPSA) is 46.2 Å². The van der Waals surface area contributed by atoms with Crippen LogP contribution in [-0.2, 0) is 0 Å². The van der Waals surface area contributed by atoms with Crippen molar-refractivity contribution in [2.45, 2.75) is 0 Å². The predicted molar refractivity (Wildman–Crippen MR) is 44.6 cm³/mol. The molecule has 1 rings (SSSR count). The Morgan fingerprint density at radius 3 is 1.70 bits per heavy atom. The SMILES string of the molecule is Clc1ccccc1.NO.[KH]. The zero-order valence-electron chi connectivity index (χ0n) is 4.79. The number of halogens is 1. The molecule has 0 fully saturated rings. The molecule has 0 heterocycles. The summed E-state index contributed by atoms with van der Waals surface area (Å²) in [7, 11) is 0. The third kappa shape index (κ3) is 7.18. The molecule has 4 heteroatoms. The Balaban J connectivity index is 0. The maximum atomic E-state index is 6.50. The fourth-order valence-corrected chi connectivity index (χ4v) is 0.560. The van der Waals surface area contributed by atoms with E-state index in [-0.39, 0.29) is 51.4 Å². The first-order valence-electron chi connectivity index (χ1n) is 2.36. The van der Waals surface area contributed by atoms with Gasteiger partial charge in [0.1, 0.15) is 0 Å². The van der Waals surface area contributed by atoms with Crippen molar-refractivity contribution in [3.63, 3.8) is 0 Å². The van der Waals surface area contributed by atoms with Crippen LogP contribution in [0.1, 0.15) is 0 Å². The van der Waals surface area contributed by atoms with Gasteiger partial charge in [-0.05, 0) is 12.1 Å². The van der Waals surface area contributed by atoms with Crippen LogP contribution in [0.4, 0.5) is 0 Å². The van der Waals surface area contributed by atoms with E-state index in [9.17, 15) is 0 Å². The van der Waals surface area contributed by atoms with Crippen molar-refractivity contribution in [2.75, 3.05) is 0 Å². The van der Waals surface area contributed by atoms with Crippen molar-refractivity contribution in [2.24, 2.45) is 5.90 Å². The molecule has 0 aliphatic rings. The molecule has 1 aromatic rings. The van der Waals surface area contributed by atoms with E-state index in [0.29, 0.717) is 0 Å². The van der Waals surface area contributed by atoms with Crippen LogP contribution in [-0.4, -0.2) is 56.6 Å². The predicted octanol–water partition coefficient (Wildman–Crippen LogP) is 1.03. The molecule has 52 valence electrons. The molecule has 2 nitrogen and oxygen atoms in total. The van der Waals surface area contributed by atoms with Gasteiger partial charge < -0.3 is 5.21 Å². The molecule has 0 aliphatic heterocycles. The van der Waals surface area contributed by atoms with Gasteiger partial charge in [0.05, 0.1) is 0 Å². The van der Waals surface area contributed by atoms with Gasteiger partial charge in [-0.25, -0.2) is 5.90 Å². The third-order valence-electron chi connectivity index (χ3n) is 0.733. The van der Waals surface area contributed by atoms with Crippen molar-refractivity contribution < 1.29 is 5.21 Å². The minimum atomic E-state index is 0. The van der Waals surface area contributed by atoms with Crippen LogP contribution >= 0.6 is 11.6 Å². The Labute approximate surface area is 108 Å². The summed E-state index contributed by atoms with van der Waals surface area (Å²) in [5.74, 6) is 3.50. The maximum absolute atomic E-state index is 6.50. The molecule has 0 unspecified atom stereocenters. The van der Waals surface area contributed by atoms with Crippen LogP contribution in [0.3, 0.4) is 0 Å². The van der Waals surface area contributed by atoms with Crippen molar-refractivity contribution in [1.29, 1.82) is 0 Å². The van der Waals surface area contributed by atoms with E-state index >= 15 is 0 Å². The summed E-state index contributed by atoms with van der Waals surface area (Å²) in [6.07, 6.45) is 0. The average molecular weight is 186 g/mol. The molecule has 10 heavy (non-hydrogen) atoms. The van der Waals surface area contributed by atoms with Crippen molar-refractivity contribution >= 4 is 63.0 Å². The summed E-state index contributed by atoms with van der Waals surface area (Å²) in [4.78, 5) is 0. The Bertz CT molecular complexity index is 148. The van der Waals surface area contributed by atoms with E-state index in [1.165, 1.54) is 0 Å². The molecule has 0 aromatic heterocycles. The van der Waals surface area contributed by atoms with E-state index in [0.717, 1.165) is 5.02 Å². The molecule has 0 saturated carbocycles. The van der Waals surface area contributed by atoms with Crippen LogP contribution in [0.5, 0.6) is 0 Å². The number of benzene rings is 1. The first-order valence-corrected chi connectivity index (χ1v) is 2.74. The fourth-order valence-electron chi connectivity index (χ4n) is 0.415. The number of hydrogen-bond acceptors (Lipinski definition) is 2. The van der Waals surface area contributed by atoms with E-state index in [1.54, 1.807) is 0 Å². The Kier molecular flexibility index (Phi) is 13.7. The van der Waals surface area contributed by atoms with Crippen molar-refractivity contribution in [3.8, 4) is 0 Å². The molecule has 0 saturated heterocycles. The molecule has 0 atom stereocenters. The summed E-state index contributed by atoms with van der Waals surface area (Å²) in [5.41, 5.74) is 0. The fraction of sp³-hybridized carbons (Fsp3) is 0. The first kappa shape index (κ1) is 13.6. The van der Waals surface area contributed by atoms with Crippen LogP contribution in [0, 0.1) is 0 Å². The summed E-state index contributed by atoms with van der Waals surface area (Å²) >= 11 is 5.54. The minimum absolute atomic E-state index is 0. The van der Waals surface area contributed by atoms with Gasteiger partial charge in [0.2, 0.25) is 0 Å². The molecule has 0 spiro atoms. The molecular formula is C6H9ClKNO. The van der Waals surface area contributed by atoms with Gasteiger partial charge in [-0.15, -0.1) is 0 Å². The number of hydrogen-bond donors (Lipinski definition) is 2. The van der Waals surface area contributed by atoms with E-state index < -0.39 is 0 Å². The zero-order valence-corrected chi connectivity index (χ0v) is 5.55. The van der Waals surface area contributed by atoms with Gasteiger partial charge in [0.15, 0.2) is 0 Å². The third-order valence-corrected chi connectivity index (χ3v) is 0.985. The van der Waals surface area contributed by atoms with Crippen LogP contribution < -0.4 is 5.90 Å². The van der Waals surface area contributed by atoms with Gasteiger partial charge in [-0.2, -0.15) is 0 Å². The quantitative estimate of drug-likeness (QED) is 0.469. The zero-order chi connectivity index (χ0) is 7.11. The first-order chi connectivity index (χ1) is 4.39. The molecule has 3 N–H and O–H groups in total. The Hall–Kier alpha value is 1.07. The van der Waals surface area contributed by atoms with Crippen LogP contribution in [0.25, 0.3) is 0 Å². The van der Waals surface area contributed by atoms with Gasteiger partial charge in [-0.1, -0.05) is 29.8 Å². The number of rotatable bonds is 0. The molecule has 0 bridgehead atoms. The standard InChI is InChI=1S/C6H5Cl.K.H3NO.H/c7-6-4-2-1-3-5-6;;1-2;/h1-5H;;2H,1H2;. The van der Waals surface area contributed by atoms with Crippen LogP contribution in [0.15, 0.2) is 30.3 Å². The molecule has 1 aromatic carbocycles. The Morgan fingerprint density at radius 1 is 1.10 bits per heavy atom. The Morgan fingerprint density at radius 2 is 1.50 bits per heavy atom. The second-order valence-corrected chi connectivity index (χ2v) is 1.73. The summed E-state index contributed by atoms with van der Waals surface area (Å²) < 4.78 is 0. The van der Waals surface area contributed by atoms with Gasteiger partial charge in [0.25, 0.3) is 0 Å². The molecule has 0 amide bonds.